The van der Waals surface area contributed by atoms with E-state index in [9.17, 15) is 4.79 Å². The van der Waals surface area contributed by atoms with Crippen LogP contribution in [0.2, 0.25) is 15.1 Å². The van der Waals surface area contributed by atoms with Crippen LogP contribution in [0.15, 0.2) is 55.2 Å². The quantitative estimate of drug-likeness (QED) is 0.357. The summed E-state index contributed by atoms with van der Waals surface area (Å²) in [6.07, 6.45) is 6.05. The van der Waals surface area contributed by atoms with Gasteiger partial charge in [-0.25, -0.2) is 19.7 Å². The lowest BCUT2D eigenvalue weighted by atomic mass is 10.3. The van der Waals surface area contributed by atoms with Gasteiger partial charge in [0.2, 0.25) is 0 Å². The number of rotatable bonds is 7. The number of benzene rings is 1. The van der Waals surface area contributed by atoms with Gasteiger partial charge in [-0.05, 0) is 31.2 Å². The summed E-state index contributed by atoms with van der Waals surface area (Å²) in [7, 11) is 0. The fourth-order valence-electron chi connectivity index (χ4n) is 2.90. The Morgan fingerprint density at radius 1 is 1.09 bits per heavy atom. The third-order valence-corrected chi connectivity index (χ3v) is 5.32. The molecule has 2 N–H and O–H groups in total. The van der Waals surface area contributed by atoms with E-state index in [1.54, 1.807) is 37.5 Å². The molecule has 0 saturated carbocycles. The molecule has 0 radical (unpaired) electrons. The number of halogens is 3. The van der Waals surface area contributed by atoms with Gasteiger partial charge in [0, 0.05) is 24.7 Å². The zero-order valence-electron chi connectivity index (χ0n) is 17.6. The van der Waals surface area contributed by atoms with Crippen LogP contribution in [0.5, 0.6) is 5.75 Å². The van der Waals surface area contributed by atoms with Gasteiger partial charge < -0.3 is 15.4 Å². The van der Waals surface area contributed by atoms with Crippen molar-refractivity contribution < 1.29 is 9.53 Å². The average molecular weight is 520 g/mol. The molecule has 0 unspecified atom stereocenters. The predicted octanol–water partition coefficient (Wildman–Crippen LogP) is 4.87. The zero-order valence-corrected chi connectivity index (χ0v) is 19.9. The maximum Gasteiger partial charge on any atom is 0.319 e. The topological polar surface area (TPSA) is 120 Å². The summed E-state index contributed by atoms with van der Waals surface area (Å²) in [5.41, 5.74) is 0.964. The van der Waals surface area contributed by atoms with Crippen LogP contribution in [-0.2, 0) is 6.61 Å². The molecule has 3 heterocycles. The van der Waals surface area contributed by atoms with Crippen LogP contribution in [0.25, 0.3) is 5.95 Å². The molecule has 2 amide bonds. The van der Waals surface area contributed by atoms with E-state index < -0.39 is 12.1 Å². The van der Waals surface area contributed by atoms with E-state index in [-0.39, 0.29) is 16.7 Å². The van der Waals surface area contributed by atoms with Crippen LogP contribution in [-0.4, -0.2) is 35.7 Å². The summed E-state index contributed by atoms with van der Waals surface area (Å²) >= 11 is 18.4. The lowest BCUT2D eigenvalue weighted by molar-refractivity contribution is 0.248. The molecule has 0 fully saturated rings. The third-order valence-electron chi connectivity index (χ3n) is 4.48. The van der Waals surface area contributed by atoms with Crippen molar-refractivity contribution >= 4 is 46.5 Å². The number of carbonyl (C=O) groups is 1. The molecule has 1 aromatic carbocycles. The predicted molar refractivity (Wildman–Crippen MR) is 128 cm³/mol. The first-order valence-corrected chi connectivity index (χ1v) is 11.0. The number of carbonyl (C=O) groups excluding carboxylic acids is 1. The largest absolute Gasteiger partial charge is 0.486 e. The number of pyridine rings is 1. The molecule has 13 heteroatoms. The summed E-state index contributed by atoms with van der Waals surface area (Å²) in [5, 5.41) is 10.7. The molecule has 0 spiro atoms. The minimum atomic E-state index is -0.524. The second-order valence-electron chi connectivity index (χ2n) is 6.92. The summed E-state index contributed by atoms with van der Waals surface area (Å²) in [4.78, 5) is 29.3. The van der Waals surface area contributed by atoms with Gasteiger partial charge in [-0.3, -0.25) is 4.98 Å². The highest BCUT2D eigenvalue weighted by Gasteiger charge is 2.19. The minimum absolute atomic E-state index is 0.151. The first kappa shape index (κ1) is 23.7. The van der Waals surface area contributed by atoms with Gasteiger partial charge in [-0.1, -0.05) is 34.8 Å². The molecule has 0 aliphatic carbocycles. The average Bonchev–Trinajstić information content (AvgIpc) is 3.32. The van der Waals surface area contributed by atoms with Crippen LogP contribution >= 0.6 is 34.8 Å². The van der Waals surface area contributed by atoms with E-state index in [0.717, 1.165) is 0 Å². The summed E-state index contributed by atoms with van der Waals surface area (Å²) in [6, 6.07) is 7.10. The number of hydrogen-bond acceptors (Lipinski definition) is 7. The number of nitrogens with one attached hydrogen (secondary N) is 2. The normalized spacial score (nSPS) is 11.6. The van der Waals surface area contributed by atoms with Crippen molar-refractivity contribution in [1.29, 1.82) is 0 Å². The number of ether oxygens (including phenoxy) is 1. The fraction of sp³-hybridized carbons (Fsp3) is 0.143. The van der Waals surface area contributed by atoms with Crippen molar-refractivity contribution in [3.05, 3.63) is 81.8 Å². The second kappa shape index (κ2) is 10.6. The highest BCUT2D eigenvalue weighted by molar-refractivity contribution is 6.37. The van der Waals surface area contributed by atoms with Gasteiger partial charge in [0.15, 0.2) is 5.82 Å². The first-order valence-electron chi connectivity index (χ1n) is 9.88. The van der Waals surface area contributed by atoms with E-state index in [1.165, 1.54) is 29.3 Å². The van der Waals surface area contributed by atoms with Crippen molar-refractivity contribution in [3.8, 4) is 11.7 Å². The SMILES string of the molecule is C[C@H](NC(=O)Nc1cc(OCc2ccc(Cl)cn2)c(Cl)cc1Cl)c1ncnn1-c1ncccn1. The summed E-state index contributed by atoms with van der Waals surface area (Å²) in [6.45, 7) is 1.90. The Hall–Kier alpha value is -3.47. The number of hydrogen-bond donors (Lipinski definition) is 2. The van der Waals surface area contributed by atoms with Gasteiger partial charge in [-0.2, -0.15) is 9.78 Å². The molecule has 34 heavy (non-hydrogen) atoms. The molecule has 174 valence electrons. The van der Waals surface area contributed by atoms with Crippen LogP contribution in [0.4, 0.5) is 10.5 Å². The Labute approximate surface area is 209 Å². The van der Waals surface area contributed by atoms with Gasteiger partial charge in [0.05, 0.1) is 32.5 Å². The van der Waals surface area contributed by atoms with E-state index in [4.69, 9.17) is 39.5 Å². The smallest absolute Gasteiger partial charge is 0.319 e. The molecule has 0 saturated heterocycles. The maximum absolute atomic E-state index is 12.7. The van der Waals surface area contributed by atoms with Crippen molar-refractivity contribution in [2.24, 2.45) is 0 Å². The Morgan fingerprint density at radius 2 is 1.88 bits per heavy atom. The minimum Gasteiger partial charge on any atom is -0.486 e. The fourth-order valence-corrected chi connectivity index (χ4v) is 3.50. The highest BCUT2D eigenvalue weighted by Crippen LogP contribution is 2.34. The van der Waals surface area contributed by atoms with Gasteiger partial charge in [0.1, 0.15) is 18.7 Å². The van der Waals surface area contributed by atoms with Crippen molar-refractivity contribution in [1.82, 2.24) is 35.0 Å². The van der Waals surface area contributed by atoms with Crippen LogP contribution in [0, 0.1) is 0 Å². The number of nitrogens with zero attached hydrogens (tertiary/aromatic N) is 6. The Bertz CT molecular complexity index is 1290. The van der Waals surface area contributed by atoms with Crippen molar-refractivity contribution in [2.45, 2.75) is 19.6 Å². The lowest BCUT2D eigenvalue weighted by Crippen LogP contribution is -2.32. The monoisotopic (exact) mass is 518 g/mol. The first-order chi connectivity index (χ1) is 16.4. The molecule has 4 rings (SSSR count). The maximum atomic E-state index is 12.7. The molecule has 10 nitrogen and oxygen atoms in total. The molecule has 0 aliphatic heterocycles. The van der Waals surface area contributed by atoms with Crippen molar-refractivity contribution in [2.75, 3.05) is 5.32 Å². The number of urea groups is 1. The van der Waals surface area contributed by atoms with Crippen molar-refractivity contribution in [3.63, 3.8) is 0 Å². The van der Waals surface area contributed by atoms with E-state index in [0.29, 0.717) is 33.9 Å². The van der Waals surface area contributed by atoms with Gasteiger partial charge >= 0.3 is 6.03 Å². The number of amides is 2. The lowest BCUT2D eigenvalue weighted by Gasteiger charge is -2.16. The number of aromatic nitrogens is 6. The van der Waals surface area contributed by atoms with Gasteiger partial charge in [-0.15, -0.1) is 0 Å². The molecule has 4 aromatic rings. The molecule has 0 bridgehead atoms. The van der Waals surface area contributed by atoms with E-state index >= 15 is 0 Å². The Balaban J connectivity index is 1.43. The van der Waals surface area contributed by atoms with Crippen LogP contribution in [0.1, 0.15) is 24.5 Å². The standard InChI is InChI=1S/C21H17Cl3N8O2/c1-12(19-28-11-29-32(19)20-25-5-2-6-26-20)30-21(33)31-17-8-18(16(24)7-15(17)23)34-10-14-4-3-13(22)9-27-14/h2-9,11-12H,10H2,1H3,(H2,30,31,33)/t12-/m0/s1. The third kappa shape index (κ3) is 5.71. The van der Waals surface area contributed by atoms with E-state index in [2.05, 4.69) is 35.7 Å². The molecule has 0 aliphatic rings. The van der Waals surface area contributed by atoms with Gasteiger partial charge in [0.25, 0.3) is 5.95 Å². The molecule has 3 aromatic heterocycles. The molecular weight excluding hydrogens is 503 g/mol. The molecular formula is C21H17Cl3N8O2. The summed E-state index contributed by atoms with van der Waals surface area (Å²) < 4.78 is 7.18. The van der Waals surface area contributed by atoms with E-state index in [1.807, 2.05) is 0 Å². The Kier molecular flexibility index (Phi) is 7.41. The van der Waals surface area contributed by atoms with Crippen LogP contribution < -0.4 is 15.4 Å². The van der Waals surface area contributed by atoms with Crippen LogP contribution in [0.3, 0.4) is 0 Å². The molecule has 1 atom stereocenters. The highest BCUT2D eigenvalue weighted by atomic mass is 35.5. The Morgan fingerprint density at radius 3 is 2.62 bits per heavy atom. The number of anilines is 1. The second-order valence-corrected chi connectivity index (χ2v) is 8.17. The zero-order chi connectivity index (χ0) is 24.1. The summed E-state index contributed by atoms with van der Waals surface area (Å²) in [5.74, 6) is 1.11.